The summed E-state index contributed by atoms with van der Waals surface area (Å²) in [5.74, 6) is -0.127. The molecular formula is C18H20N6OS2. The minimum atomic E-state index is -0.326. The number of amides is 1. The van der Waals surface area contributed by atoms with E-state index in [0.717, 1.165) is 23.4 Å². The molecule has 0 bridgehead atoms. The van der Waals surface area contributed by atoms with Crippen molar-refractivity contribution in [3.05, 3.63) is 41.5 Å². The van der Waals surface area contributed by atoms with E-state index in [-0.39, 0.29) is 11.2 Å². The molecule has 2 heterocycles. The molecule has 1 amide bonds. The van der Waals surface area contributed by atoms with Crippen LogP contribution >= 0.6 is 23.1 Å². The number of hydrogen-bond donors (Lipinski definition) is 1. The summed E-state index contributed by atoms with van der Waals surface area (Å²) in [6.07, 6.45) is 4.18. The Morgan fingerprint density at radius 2 is 1.96 bits per heavy atom. The Labute approximate surface area is 166 Å². The number of nitrogens with zero attached hydrogens (tertiary/aromatic N) is 5. The highest BCUT2D eigenvalue weighted by atomic mass is 32.2. The number of hydrogen-bond acceptors (Lipinski definition) is 8. The average molecular weight is 401 g/mol. The maximum atomic E-state index is 12.5. The Morgan fingerprint density at radius 1 is 1.15 bits per heavy atom. The highest BCUT2D eigenvalue weighted by molar-refractivity contribution is 8.00. The smallest absolute Gasteiger partial charge is 0.239 e. The molecule has 0 aliphatic heterocycles. The van der Waals surface area contributed by atoms with Gasteiger partial charge < -0.3 is 0 Å². The van der Waals surface area contributed by atoms with Crippen molar-refractivity contribution < 1.29 is 4.79 Å². The zero-order chi connectivity index (χ0) is 19.1. The summed E-state index contributed by atoms with van der Waals surface area (Å²) in [5, 5.41) is 20.9. The highest BCUT2D eigenvalue weighted by Gasteiger charge is 2.21. The van der Waals surface area contributed by atoms with Crippen molar-refractivity contribution in [1.82, 2.24) is 25.4 Å². The minimum absolute atomic E-state index is 0.127. The number of anilines is 1. The fourth-order valence-corrected chi connectivity index (χ4v) is 3.95. The normalized spacial score (nSPS) is 11.9. The molecule has 0 aliphatic carbocycles. The Balaban J connectivity index is 1.62. The minimum Gasteiger partial charge on any atom is -0.300 e. The van der Waals surface area contributed by atoms with Crippen molar-refractivity contribution in [2.45, 2.75) is 43.5 Å². The Bertz CT molecular complexity index is 869. The molecule has 0 unspecified atom stereocenters. The largest absolute Gasteiger partial charge is 0.300 e. The summed E-state index contributed by atoms with van der Waals surface area (Å²) < 4.78 is 0. The average Bonchev–Trinajstić information content (AvgIpc) is 3.14. The van der Waals surface area contributed by atoms with Crippen molar-refractivity contribution in [3.8, 4) is 11.3 Å². The lowest BCUT2D eigenvalue weighted by Gasteiger charge is -2.11. The van der Waals surface area contributed by atoms with Crippen LogP contribution in [0.3, 0.4) is 0 Å². The summed E-state index contributed by atoms with van der Waals surface area (Å²) in [5.41, 5.74) is 1.66. The van der Waals surface area contributed by atoms with Gasteiger partial charge in [-0.25, -0.2) is 4.98 Å². The number of carbonyl (C=O) groups is 1. The van der Waals surface area contributed by atoms with Crippen molar-refractivity contribution >= 4 is 34.1 Å². The number of aromatic nitrogens is 5. The summed E-state index contributed by atoms with van der Waals surface area (Å²) >= 11 is 2.71. The number of rotatable bonds is 8. The summed E-state index contributed by atoms with van der Waals surface area (Å²) in [4.78, 5) is 16.9. The molecule has 1 atom stereocenters. The monoisotopic (exact) mass is 400 g/mol. The van der Waals surface area contributed by atoms with Gasteiger partial charge in [0, 0.05) is 12.0 Å². The van der Waals surface area contributed by atoms with E-state index in [1.165, 1.54) is 23.1 Å². The highest BCUT2D eigenvalue weighted by Crippen LogP contribution is 2.25. The second kappa shape index (κ2) is 9.52. The molecule has 9 heteroatoms. The number of carbonyl (C=O) groups excluding carboxylic acids is 1. The van der Waals surface area contributed by atoms with Crippen LogP contribution in [0.2, 0.25) is 0 Å². The molecule has 3 aromatic rings. The third-order valence-electron chi connectivity index (χ3n) is 3.68. The van der Waals surface area contributed by atoms with Gasteiger partial charge in [0.2, 0.25) is 16.2 Å². The number of aryl methyl sites for hydroxylation is 1. The maximum absolute atomic E-state index is 12.5. The van der Waals surface area contributed by atoms with Crippen molar-refractivity contribution in [2.24, 2.45) is 0 Å². The molecule has 0 radical (unpaired) electrons. The predicted molar refractivity (Wildman–Crippen MR) is 108 cm³/mol. The Hall–Kier alpha value is -2.39. The second-order valence-corrected chi connectivity index (χ2v) is 7.98. The van der Waals surface area contributed by atoms with E-state index in [1.54, 1.807) is 6.20 Å². The van der Waals surface area contributed by atoms with Crippen molar-refractivity contribution in [3.63, 3.8) is 0 Å². The second-order valence-electron chi connectivity index (χ2n) is 5.75. The first kappa shape index (κ1) is 19.4. The number of benzene rings is 1. The van der Waals surface area contributed by atoms with Crippen LogP contribution in [0, 0.1) is 0 Å². The Kier molecular flexibility index (Phi) is 6.83. The summed E-state index contributed by atoms with van der Waals surface area (Å²) in [6, 6.07) is 9.74. The lowest BCUT2D eigenvalue weighted by Crippen LogP contribution is -2.24. The van der Waals surface area contributed by atoms with Gasteiger partial charge in [-0.15, -0.1) is 20.4 Å². The van der Waals surface area contributed by atoms with Crippen molar-refractivity contribution in [2.75, 3.05) is 5.32 Å². The zero-order valence-electron chi connectivity index (χ0n) is 15.1. The van der Waals surface area contributed by atoms with Gasteiger partial charge in [-0.2, -0.15) is 0 Å². The Morgan fingerprint density at radius 3 is 2.63 bits per heavy atom. The van der Waals surface area contributed by atoms with Crippen LogP contribution < -0.4 is 5.32 Å². The molecule has 0 aliphatic rings. The summed E-state index contributed by atoms with van der Waals surface area (Å²) in [6.45, 7) is 4.03. The van der Waals surface area contributed by atoms with Crippen LogP contribution in [0.4, 0.5) is 5.13 Å². The molecule has 0 spiro atoms. The molecule has 0 saturated heterocycles. The molecule has 3 rings (SSSR count). The molecule has 0 fully saturated rings. The third kappa shape index (κ3) is 5.30. The van der Waals surface area contributed by atoms with Gasteiger partial charge in [-0.1, -0.05) is 67.3 Å². The first-order chi connectivity index (χ1) is 13.2. The van der Waals surface area contributed by atoms with E-state index < -0.39 is 0 Å². The molecule has 7 nitrogen and oxygen atoms in total. The van der Waals surface area contributed by atoms with Crippen LogP contribution in [0.1, 0.15) is 31.7 Å². The molecule has 1 N–H and O–H groups in total. The van der Waals surface area contributed by atoms with Gasteiger partial charge >= 0.3 is 0 Å². The van der Waals surface area contributed by atoms with Gasteiger partial charge in [-0.3, -0.25) is 10.1 Å². The number of nitrogens with one attached hydrogen (secondary N) is 1. The first-order valence-electron chi connectivity index (χ1n) is 8.74. The van der Waals surface area contributed by atoms with Crippen LogP contribution in [-0.2, 0) is 11.2 Å². The number of thioether (sulfide) groups is 1. The molecule has 1 aromatic carbocycles. The van der Waals surface area contributed by atoms with Gasteiger partial charge in [0.15, 0.2) is 0 Å². The maximum Gasteiger partial charge on any atom is 0.239 e. The van der Waals surface area contributed by atoms with Crippen LogP contribution in [-0.4, -0.2) is 36.5 Å². The quantitative estimate of drug-likeness (QED) is 0.574. The third-order valence-corrected chi connectivity index (χ3v) is 5.81. The molecule has 2 aromatic heterocycles. The predicted octanol–water partition coefficient (Wildman–Crippen LogP) is 3.85. The van der Waals surface area contributed by atoms with E-state index in [0.29, 0.717) is 22.4 Å². The van der Waals surface area contributed by atoms with Crippen LogP contribution in [0.5, 0.6) is 0 Å². The standard InChI is InChI=1S/C18H20N6OS2/c1-3-8-15-22-24-18(27-15)20-16(25)14(4-2)26-17-19-11-13(21-23-17)12-9-6-5-7-10-12/h5-7,9-11,14H,3-4,8H2,1-2H3,(H,20,24,25)/t14-/m0/s1. The lowest BCUT2D eigenvalue weighted by atomic mass is 10.2. The molecule has 140 valence electrons. The first-order valence-corrected chi connectivity index (χ1v) is 10.4. The fourth-order valence-electron chi connectivity index (χ4n) is 2.31. The van der Waals surface area contributed by atoms with Crippen LogP contribution in [0.15, 0.2) is 41.7 Å². The van der Waals surface area contributed by atoms with Gasteiger partial charge in [0.05, 0.1) is 11.4 Å². The van der Waals surface area contributed by atoms with Crippen LogP contribution in [0.25, 0.3) is 11.3 Å². The van der Waals surface area contributed by atoms with E-state index in [9.17, 15) is 4.79 Å². The zero-order valence-corrected chi connectivity index (χ0v) is 16.8. The lowest BCUT2D eigenvalue weighted by molar-refractivity contribution is -0.115. The van der Waals surface area contributed by atoms with E-state index in [1.807, 2.05) is 37.3 Å². The van der Waals surface area contributed by atoms with E-state index in [2.05, 4.69) is 37.6 Å². The van der Waals surface area contributed by atoms with E-state index >= 15 is 0 Å². The summed E-state index contributed by atoms with van der Waals surface area (Å²) in [7, 11) is 0. The van der Waals surface area contributed by atoms with E-state index in [4.69, 9.17) is 0 Å². The molecular weight excluding hydrogens is 380 g/mol. The van der Waals surface area contributed by atoms with Gasteiger partial charge in [-0.05, 0) is 12.8 Å². The van der Waals surface area contributed by atoms with Gasteiger partial charge in [0.25, 0.3) is 0 Å². The van der Waals surface area contributed by atoms with Crippen molar-refractivity contribution in [1.29, 1.82) is 0 Å². The molecule has 0 saturated carbocycles. The fraction of sp³-hybridized carbons (Fsp3) is 0.333. The SMILES string of the molecule is CCCc1nnc(NC(=O)[C@H](CC)Sc2ncc(-c3ccccc3)nn2)s1. The van der Waals surface area contributed by atoms with Gasteiger partial charge in [0.1, 0.15) is 10.7 Å². The topological polar surface area (TPSA) is 93.6 Å². The molecule has 27 heavy (non-hydrogen) atoms.